The number of hydrogen-bond acceptors (Lipinski definition) is 4. The van der Waals surface area contributed by atoms with Crippen LogP contribution in [0, 0.1) is 13.8 Å². The van der Waals surface area contributed by atoms with Gasteiger partial charge in [0.25, 0.3) is 23.6 Å². The maximum atomic E-state index is 14.9. The molecule has 4 amide bonds. The molecule has 0 spiro atoms. The number of alkyl halides is 9. The molecule has 0 radical (unpaired) electrons. The van der Waals surface area contributed by atoms with Gasteiger partial charge in [-0.05, 0) is 78.1 Å². The van der Waals surface area contributed by atoms with E-state index in [0.717, 1.165) is 24.7 Å². The summed E-state index contributed by atoms with van der Waals surface area (Å²) < 4.78 is 133. The lowest BCUT2D eigenvalue weighted by molar-refractivity contribution is -0.288. The third-order valence-corrected chi connectivity index (χ3v) is 8.93. The van der Waals surface area contributed by atoms with E-state index in [1.165, 1.54) is 6.07 Å². The second-order valence-electron chi connectivity index (χ2n) is 11.9. The van der Waals surface area contributed by atoms with Crippen LogP contribution < -0.4 is 4.90 Å². The predicted octanol–water partition coefficient (Wildman–Crippen LogP) is 8.43. The molecule has 4 aromatic rings. The van der Waals surface area contributed by atoms with Gasteiger partial charge in [-0.2, -0.15) is 39.5 Å². The maximum Gasteiger partial charge on any atom is 0.417 e. The summed E-state index contributed by atoms with van der Waals surface area (Å²) in [6, 6.07) is 9.70. The molecule has 6 rings (SSSR count). The van der Waals surface area contributed by atoms with Crippen molar-refractivity contribution in [3.05, 3.63) is 123 Å². The van der Waals surface area contributed by atoms with Gasteiger partial charge >= 0.3 is 18.5 Å². The van der Waals surface area contributed by atoms with Crippen LogP contribution in [0.1, 0.15) is 69.2 Å². The van der Waals surface area contributed by atoms with Crippen molar-refractivity contribution >= 4 is 29.3 Å². The van der Waals surface area contributed by atoms with Gasteiger partial charge in [0.15, 0.2) is 0 Å². The van der Waals surface area contributed by atoms with E-state index in [-0.39, 0.29) is 22.1 Å². The SMILES string of the molecule is Cc1ccc(-c2ccc(N3C(=O)c4ccc(C(c5ccc6c(c5)C(=O)N(C)C6=O)(C(F)(F)F)C(F)(F)F)cc4C3=O)cc2C(F)(F)F)c(C)c1. The van der Waals surface area contributed by atoms with Crippen molar-refractivity contribution in [1.82, 2.24) is 4.90 Å². The van der Waals surface area contributed by atoms with Crippen LogP contribution in [0.4, 0.5) is 45.2 Å². The molecule has 0 aromatic heterocycles. The Morgan fingerprint density at radius 2 is 0.960 bits per heavy atom. The summed E-state index contributed by atoms with van der Waals surface area (Å²) in [6.45, 7) is 3.32. The van der Waals surface area contributed by atoms with Crippen LogP contribution in [-0.2, 0) is 11.6 Å². The Labute approximate surface area is 276 Å². The summed E-state index contributed by atoms with van der Waals surface area (Å²) >= 11 is 0. The summed E-state index contributed by atoms with van der Waals surface area (Å²) in [4.78, 5) is 52.5. The van der Waals surface area contributed by atoms with Crippen molar-refractivity contribution in [1.29, 1.82) is 0 Å². The van der Waals surface area contributed by atoms with Gasteiger partial charge in [0.2, 0.25) is 5.41 Å². The Morgan fingerprint density at radius 1 is 0.500 bits per heavy atom. The third-order valence-electron chi connectivity index (χ3n) is 8.93. The molecule has 0 aliphatic carbocycles. The molecule has 0 saturated heterocycles. The highest BCUT2D eigenvalue weighted by molar-refractivity contribution is 6.34. The minimum atomic E-state index is -6.18. The topological polar surface area (TPSA) is 74.8 Å². The van der Waals surface area contributed by atoms with Crippen molar-refractivity contribution in [2.24, 2.45) is 0 Å². The van der Waals surface area contributed by atoms with Gasteiger partial charge in [-0.1, -0.05) is 42.0 Å². The van der Waals surface area contributed by atoms with E-state index >= 15 is 0 Å². The Hall–Kier alpha value is -5.47. The van der Waals surface area contributed by atoms with Crippen molar-refractivity contribution in [3.8, 4) is 11.1 Å². The zero-order valence-electron chi connectivity index (χ0n) is 25.9. The van der Waals surface area contributed by atoms with Crippen molar-refractivity contribution in [2.45, 2.75) is 37.8 Å². The number of rotatable bonds is 4. The smallest absolute Gasteiger partial charge is 0.277 e. The highest BCUT2D eigenvalue weighted by Gasteiger charge is 2.73. The monoisotopic (exact) mass is 704 g/mol. The molecule has 0 N–H and O–H groups in total. The van der Waals surface area contributed by atoms with Crippen LogP contribution >= 0.6 is 0 Å². The Morgan fingerprint density at radius 3 is 1.48 bits per heavy atom. The van der Waals surface area contributed by atoms with E-state index in [9.17, 15) is 58.7 Å². The van der Waals surface area contributed by atoms with E-state index in [1.807, 2.05) is 0 Å². The molecule has 0 atom stereocenters. The predicted molar refractivity (Wildman–Crippen MR) is 160 cm³/mol. The first-order valence-electron chi connectivity index (χ1n) is 14.5. The van der Waals surface area contributed by atoms with E-state index in [4.69, 9.17) is 0 Å². The minimum Gasteiger partial charge on any atom is -0.277 e. The van der Waals surface area contributed by atoms with Gasteiger partial charge in [-0.15, -0.1) is 0 Å². The first kappa shape index (κ1) is 34.4. The molecule has 0 bridgehead atoms. The van der Waals surface area contributed by atoms with Gasteiger partial charge in [0.1, 0.15) is 0 Å². The van der Waals surface area contributed by atoms with Gasteiger partial charge in [-0.25, -0.2) is 4.90 Å². The lowest BCUT2D eigenvalue weighted by atomic mass is 9.71. The van der Waals surface area contributed by atoms with Gasteiger partial charge in [0.05, 0.1) is 33.5 Å². The molecule has 2 aliphatic rings. The second-order valence-corrected chi connectivity index (χ2v) is 11.9. The molecule has 15 heteroatoms. The minimum absolute atomic E-state index is 0.196. The molecule has 50 heavy (non-hydrogen) atoms. The molecular weight excluding hydrogens is 683 g/mol. The van der Waals surface area contributed by atoms with Crippen LogP contribution in [0.2, 0.25) is 0 Å². The van der Waals surface area contributed by atoms with E-state index < -0.39 is 92.2 Å². The fraction of sp³-hybridized carbons (Fsp3) is 0.200. The molecule has 4 aromatic carbocycles. The largest absolute Gasteiger partial charge is 0.417 e. The van der Waals surface area contributed by atoms with Crippen molar-refractivity contribution in [2.75, 3.05) is 11.9 Å². The molecule has 258 valence electrons. The standard InChI is InChI=1S/C35H21F9N2O4/c1-16-4-8-21(17(2)12-16)22-11-7-20(15-27(22)33(36,37)38)46-30(49)24-10-6-19(14-26(24)31(46)50)32(34(39,40)41,35(42,43)44)18-5-9-23-25(13-18)29(48)45(3)28(23)47/h4-15H,1-3H3. The van der Waals surface area contributed by atoms with Gasteiger partial charge < -0.3 is 0 Å². The number of carbonyl (C=O) groups is 4. The second kappa shape index (κ2) is 11.0. The van der Waals surface area contributed by atoms with Crippen molar-refractivity contribution < 1.29 is 58.7 Å². The number of nitrogens with zero attached hydrogens (tertiary/aromatic N) is 2. The normalized spacial score (nSPS) is 15.3. The molecule has 2 aliphatic heterocycles. The zero-order chi connectivity index (χ0) is 36.9. The van der Waals surface area contributed by atoms with Gasteiger partial charge in [0, 0.05) is 7.05 Å². The summed E-state index contributed by atoms with van der Waals surface area (Å²) in [6.07, 6.45) is -17.4. The summed E-state index contributed by atoms with van der Waals surface area (Å²) in [7, 11) is 0.995. The summed E-state index contributed by atoms with van der Waals surface area (Å²) in [5.74, 6) is -4.83. The average molecular weight is 705 g/mol. The number of amides is 4. The molecular formula is C35H21F9N2O4. The quantitative estimate of drug-likeness (QED) is 0.158. The Bertz CT molecular complexity index is 2150. The van der Waals surface area contributed by atoms with Crippen LogP contribution in [0.15, 0.2) is 72.8 Å². The average Bonchev–Trinajstić information content (AvgIpc) is 3.38. The molecule has 0 fully saturated rings. The van der Waals surface area contributed by atoms with E-state index in [0.29, 0.717) is 46.9 Å². The van der Waals surface area contributed by atoms with Crippen LogP contribution in [-0.4, -0.2) is 47.9 Å². The number of benzene rings is 4. The zero-order valence-corrected chi connectivity index (χ0v) is 25.9. The highest BCUT2D eigenvalue weighted by Crippen LogP contribution is 2.57. The van der Waals surface area contributed by atoms with Gasteiger partial charge in [-0.3, -0.25) is 24.1 Å². The van der Waals surface area contributed by atoms with E-state index in [1.54, 1.807) is 26.0 Å². The Kier molecular flexibility index (Phi) is 7.58. The number of anilines is 1. The first-order valence-corrected chi connectivity index (χ1v) is 14.5. The van der Waals surface area contributed by atoms with Crippen LogP contribution in [0.5, 0.6) is 0 Å². The maximum absolute atomic E-state index is 14.9. The van der Waals surface area contributed by atoms with Crippen LogP contribution in [0.3, 0.4) is 0 Å². The molecule has 2 heterocycles. The fourth-order valence-electron chi connectivity index (χ4n) is 6.54. The number of fused-ring (bicyclic) bond motifs is 2. The number of halogens is 9. The highest BCUT2D eigenvalue weighted by atomic mass is 19.4. The number of imide groups is 2. The van der Waals surface area contributed by atoms with Crippen molar-refractivity contribution in [3.63, 3.8) is 0 Å². The summed E-state index contributed by atoms with van der Waals surface area (Å²) in [5, 5.41) is 0. The van der Waals surface area contributed by atoms with Crippen LogP contribution in [0.25, 0.3) is 11.1 Å². The number of hydrogen-bond donors (Lipinski definition) is 0. The first-order chi connectivity index (χ1) is 23.1. The third kappa shape index (κ3) is 4.89. The van der Waals surface area contributed by atoms with E-state index in [2.05, 4.69) is 0 Å². The fourth-order valence-corrected chi connectivity index (χ4v) is 6.54. The molecule has 0 saturated carbocycles. The Balaban J connectivity index is 1.50. The molecule has 6 nitrogen and oxygen atoms in total. The number of aryl methyl sites for hydroxylation is 2. The molecule has 0 unspecified atom stereocenters. The lowest BCUT2D eigenvalue weighted by Gasteiger charge is -2.38. The lowest BCUT2D eigenvalue weighted by Crippen LogP contribution is -2.55. The number of carbonyl (C=O) groups excluding carboxylic acids is 4. The summed E-state index contributed by atoms with van der Waals surface area (Å²) in [5.41, 5.74) is -11.4.